The van der Waals surface area contributed by atoms with Crippen LogP contribution in [-0.2, 0) is 14.8 Å². The lowest BCUT2D eigenvalue weighted by atomic mass is 10.2. The summed E-state index contributed by atoms with van der Waals surface area (Å²) in [6.45, 7) is 1.67. The molecule has 0 bridgehead atoms. The van der Waals surface area contributed by atoms with Gasteiger partial charge in [-0.3, -0.25) is 9.52 Å². The highest BCUT2D eigenvalue weighted by Crippen LogP contribution is 2.34. The van der Waals surface area contributed by atoms with Crippen LogP contribution in [0.15, 0.2) is 57.8 Å². The molecule has 0 spiro atoms. The average molecular weight is 421 g/mol. The molecule has 1 amide bonds. The molecule has 1 aliphatic rings. The third kappa shape index (κ3) is 3.46. The molecule has 0 unspecified atom stereocenters. The number of carbonyl (C=O) groups is 1. The number of para-hydroxylation sites is 1. The Balaban J connectivity index is 1.79. The summed E-state index contributed by atoms with van der Waals surface area (Å²) in [5.74, 6) is -0.449. The number of ether oxygens (including phenoxy) is 1. The number of nitrogens with one attached hydrogen (secondary N) is 1. The van der Waals surface area contributed by atoms with Crippen LogP contribution >= 0.6 is 11.6 Å². The molecule has 2 heterocycles. The first-order valence-electron chi connectivity index (χ1n) is 8.63. The van der Waals surface area contributed by atoms with Crippen LogP contribution in [-0.4, -0.2) is 45.5 Å². The molecular formula is C19H17ClN2O5S. The van der Waals surface area contributed by atoms with E-state index < -0.39 is 15.9 Å². The fraction of sp³-hybridized carbons (Fsp3) is 0.211. The standard InChI is InChI=1S/C19H17ClN2O5S/c20-14-6-2-4-8-16(14)28(24,25)21-17-13-5-1-3-7-15(13)27-18(17)19(23)22-9-11-26-12-10-22/h1-8,21H,9-12H2. The maximum Gasteiger partial charge on any atom is 0.291 e. The third-order valence-corrected chi connectivity index (χ3v) is 6.30. The van der Waals surface area contributed by atoms with Gasteiger partial charge in [0.2, 0.25) is 5.76 Å². The van der Waals surface area contributed by atoms with Gasteiger partial charge in [-0.25, -0.2) is 8.42 Å². The van der Waals surface area contributed by atoms with Crippen LogP contribution < -0.4 is 4.72 Å². The van der Waals surface area contributed by atoms with E-state index in [1.807, 2.05) is 0 Å². The lowest BCUT2D eigenvalue weighted by molar-refractivity contribution is 0.0285. The van der Waals surface area contributed by atoms with Gasteiger partial charge < -0.3 is 14.1 Å². The van der Waals surface area contributed by atoms with Gasteiger partial charge in [-0.2, -0.15) is 0 Å². The minimum atomic E-state index is -4.03. The smallest absolute Gasteiger partial charge is 0.291 e. The maximum absolute atomic E-state index is 13.0. The number of sulfonamides is 1. The van der Waals surface area contributed by atoms with E-state index in [0.717, 1.165) is 0 Å². The molecule has 0 saturated carbocycles. The van der Waals surface area contributed by atoms with Crippen molar-refractivity contribution in [2.75, 3.05) is 31.0 Å². The second-order valence-electron chi connectivity index (χ2n) is 6.24. The van der Waals surface area contributed by atoms with E-state index in [0.29, 0.717) is 37.3 Å². The molecule has 4 rings (SSSR count). The molecule has 9 heteroatoms. The van der Waals surface area contributed by atoms with Gasteiger partial charge in [0.1, 0.15) is 16.2 Å². The first kappa shape index (κ1) is 18.8. The van der Waals surface area contributed by atoms with Gasteiger partial charge >= 0.3 is 0 Å². The van der Waals surface area contributed by atoms with Crippen molar-refractivity contribution in [2.24, 2.45) is 0 Å². The number of morpholine rings is 1. The number of anilines is 1. The number of benzene rings is 2. The van der Waals surface area contributed by atoms with Crippen molar-refractivity contribution in [3.63, 3.8) is 0 Å². The predicted molar refractivity (Wildman–Crippen MR) is 105 cm³/mol. The van der Waals surface area contributed by atoms with Crippen LogP contribution in [0.5, 0.6) is 0 Å². The minimum Gasteiger partial charge on any atom is -0.449 e. The van der Waals surface area contributed by atoms with Crippen molar-refractivity contribution in [1.82, 2.24) is 4.90 Å². The summed E-state index contributed by atoms with van der Waals surface area (Å²) >= 11 is 6.06. The van der Waals surface area contributed by atoms with E-state index in [2.05, 4.69) is 4.72 Å². The molecule has 7 nitrogen and oxygen atoms in total. The molecule has 0 radical (unpaired) electrons. The van der Waals surface area contributed by atoms with Gasteiger partial charge in [-0.15, -0.1) is 0 Å². The van der Waals surface area contributed by atoms with Crippen molar-refractivity contribution in [1.29, 1.82) is 0 Å². The Bertz CT molecular complexity index is 1140. The van der Waals surface area contributed by atoms with Crippen molar-refractivity contribution in [3.05, 3.63) is 59.3 Å². The highest BCUT2D eigenvalue weighted by Gasteiger charge is 2.29. The van der Waals surface area contributed by atoms with Crippen LogP contribution in [0.1, 0.15) is 10.6 Å². The number of halogens is 1. The summed E-state index contributed by atoms with van der Waals surface area (Å²) in [5, 5.41) is 0.582. The van der Waals surface area contributed by atoms with Crippen molar-refractivity contribution in [2.45, 2.75) is 4.90 Å². The molecule has 146 valence electrons. The summed E-state index contributed by atoms with van der Waals surface area (Å²) < 4.78 is 39.4. The van der Waals surface area contributed by atoms with Crippen LogP contribution in [0.2, 0.25) is 5.02 Å². The zero-order valence-corrected chi connectivity index (χ0v) is 16.3. The summed E-state index contributed by atoms with van der Waals surface area (Å²) in [7, 11) is -4.03. The molecule has 0 atom stereocenters. The number of hydrogen-bond acceptors (Lipinski definition) is 5. The molecule has 1 aromatic heterocycles. The number of nitrogens with zero attached hydrogens (tertiary/aromatic N) is 1. The molecule has 0 aliphatic carbocycles. The first-order valence-corrected chi connectivity index (χ1v) is 10.5. The largest absolute Gasteiger partial charge is 0.449 e. The Hall–Kier alpha value is -2.55. The minimum absolute atomic E-state index is 0.0567. The van der Waals surface area contributed by atoms with Crippen LogP contribution in [0, 0.1) is 0 Å². The van der Waals surface area contributed by atoms with Crippen molar-refractivity contribution < 1.29 is 22.4 Å². The van der Waals surface area contributed by atoms with Crippen molar-refractivity contribution >= 4 is 44.2 Å². The first-order chi connectivity index (χ1) is 13.5. The van der Waals surface area contributed by atoms with Crippen molar-refractivity contribution in [3.8, 4) is 0 Å². The summed E-state index contributed by atoms with van der Waals surface area (Å²) in [6.07, 6.45) is 0. The Labute approximate surface area is 166 Å². The molecule has 1 N–H and O–H groups in total. The molecule has 3 aromatic rings. The topological polar surface area (TPSA) is 88.8 Å². The van der Waals surface area contributed by atoms with Gasteiger partial charge in [0.05, 0.1) is 18.2 Å². The summed E-state index contributed by atoms with van der Waals surface area (Å²) in [4.78, 5) is 14.5. The van der Waals surface area contributed by atoms with Crippen LogP contribution in [0.25, 0.3) is 11.0 Å². The monoisotopic (exact) mass is 420 g/mol. The molecule has 1 aliphatic heterocycles. The van der Waals surface area contributed by atoms with Gasteiger partial charge in [0.25, 0.3) is 15.9 Å². The molecular weight excluding hydrogens is 404 g/mol. The number of amides is 1. The van der Waals surface area contributed by atoms with Gasteiger partial charge in [0, 0.05) is 18.5 Å². The van der Waals surface area contributed by atoms with Gasteiger partial charge in [0.15, 0.2) is 0 Å². The normalized spacial score (nSPS) is 15.0. The van der Waals surface area contributed by atoms with E-state index in [1.54, 1.807) is 41.3 Å². The Morgan fingerprint density at radius 2 is 1.71 bits per heavy atom. The summed E-state index contributed by atoms with van der Waals surface area (Å²) in [6, 6.07) is 13.0. The van der Waals surface area contributed by atoms with E-state index in [-0.39, 0.29) is 21.4 Å². The molecule has 1 fully saturated rings. The lowest BCUT2D eigenvalue weighted by Crippen LogP contribution is -2.40. The Kier molecular flexibility index (Phi) is 5.01. The zero-order valence-electron chi connectivity index (χ0n) is 14.7. The molecule has 28 heavy (non-hydrogen) atoms. The average Bonchev–Trinajstić information content (AvgIpc) is 3.06. The highest BCUT2D eigenvalue weighted by atomic mass is 35.5. The summed E-state index contributed by atoms with van der Waals surface area (Å²) in [5.41, 5.74) is 0.517. The van der Waals surface area contributed by atoms with E-state index >= 15 is 0 Å². The number of hydrogen-bond donors (Lipinski definition) is 1. The quantitative estimate of drug-likeness (QED) is 0.699. The fourth-order valence-electron chi connectivity index (χ4n) is 3.06. The van der Waals surface area contributed by atoms with Crippen LogP contribution in [0.4, 0.5) is 5.69 Å². The fourth-order valence-corrected chi connectivity index (χ4v) is 4.66. The SMILES string of the molecule is O=C(c1oc2ccccc2c1NS(=O)(=O)c1ccccc1Cl)N1CCOCC1. The van der Waals surface area contributed by atoms with Crippen LogP contribution in [0.3, 0.4) is 0 Å². The maximum atomic E-state index is 13.0. The number of fused-ring (bicyclic) bond motifs is 1. The number of rotatable bonds is 4. The zero-order chi connectivity index (χ0) is 19.7. The molecule has 1 saturated heterocycles. The Morgan fingerprint density at radius 3 is 2.46 bits per heavy atom. The lowest BCUT2D eigenvalue weighted by Gasteiger charge is -2.26. The number of carbonyl (C=O) groups excluding carboxylic acids is 1. The second kappa shape index (κ2) is 7.46. The second-order valence-corrected chi connectivity index (χ2v) is 8.30. The van der Waals surface area contributed by atoms with Gasteiger partial charge in [-0.05, 0) is 24.3 Å². The Morgan fingerprint density at radius 1 is 1.04 bits per heavy atom. The van der Waals surface area contributed by atoms with Gasteiger partial charge in [-0.1, -0.05) is 35.9 Å². The van der Waals surface area contributed by atoms with E-state index in [4.69, 9.17) is 20.8 Å². The third-order valence-electron chi connectivity index (χ3n) is 4.45. The number of furan rings is 1. The highest BCUT2D eigenvalue weighted by molar-refractivity contribution is 7.92. The predicted octanol–water partition coefficient (Wildman–Crippen LogP) is 3.36. The van der Waals surface area contributed by atoms with E-state index in [9.17, 15) is 13.2 Å². The molecule has 2 aromatic carbocycles. The van der Waals surface area contributed by atoms with E-state index in [1.165, 1.54) is 12.1 Å².